The van der Waals surface area contributed by atoms with E-state index in [2.05, 4.69) is 57.2 Å². The zero-order valence-electron chi connectivity index (χ0n) is 40.0. The van der Waals surface area contributed by atoms with Crippen molar-refractivity contribution in [2.24, 2.45) is 0 Å². The Hall–Kier alpha value is -2.37. The average molecular weight is 843 g/mol. The van der Waals surface area contributed by atoms with Crippen LogP contribution in [0.15, 0.2) is 36.5 Å². The van der Waals surface area contributed by atoms with Crippen LogP contribution in [-0.4, -0.2) is 37.2 Å². The monoisotopic (exact) mass is 843 g/mol. The van der Waals surface area contributed by atoms with Crippen LogP contribution in [0.3, 0.4) is 0 Å². The summed E-state index contributed by atoms with van der Waals surface area (Å²) in [5.74, 6) is -0.882. The third-order valence-corrected chi connectivity index (χ3v) is 11.3. The molecular weight excluding hydrogens is 745 g/mol. The fourth-order valence-corrected chi connectivity index (χ4v) is 7.42. The second-order valence-corrected chi connectivity index (χ2v) is 17.4. The van der Waals surface area contributed by atoms with Crippen LogP contribution >= 0.6 is 0 Å². The summed E-state index contributed by atoms with van der Waals surface area (Å²) >= 11 is 0. The molecule has 0 amide bonds. The fraction of sp³-hybridized carbons (Fsp3) is 0.833. The molecule has 0 aromatic rings. The maximum Gasteiger partial charge on any atom is 0.306 e. The molecule has 60 heavy (non-hydrogen) atoms. The molecule has 0 bridgehead atoms. The van der Waals surface area contributed by atoms with Crippen molar-refractivity contribution in [2.75, 3.05) is 13.2 Å². The van der Waals surface area contributed by atoms with Crippen LogP contribution in [0.5, 0.6) is 0 Å². The quantitative estimate of drug-likeness (QED) is 0.0263. The first-order valence-electron chi connectivity index (χ1n) is 26.0. The molecule has 0 aliphatic rings. The summed E-state index contributed by atoms with van der Waals surface area (Å²) in [6, 6.07) is 0. The lowest BCUT2D eigenvalue weighted by Crippen LogP contribution is -2.30. The number of hydrogen-bond acceptors (Lipinski definition) is 6. The SMILES string of the molecule is CCC/C=C\CCCCCCCC(=O)OCC(COC(=O)CCCCCCCCCCC/C=C\C/C=C\CCCCCCC)OC(=O)CCCCCCCCCCCCC. The van der Waals surface area contributed by atoms with E-state index >= 15 is 0 Å². The van der Waals surface area contributed by atoms with E-state index in [9.17, 15) is 14.4 Å². The Morgan fingerprint density at radius 2 is 0.633 bits per heavy atom. The van der Waals surface area contributed by atoms with Gasteiger partial charge in [-0.2, -0.15) is 0 Å². The summed E-state index contributed by atoms with van der Waals surface area (Å²) in [6.07, 6.45) is 57.1. The number of esters is 3. The molecule has 0 heterocycles. The lowest BCUT2D eigenvalue weighted by molar-refractivity contribution is -0.167. The van der Waals surface area contributed by atoms with E-state index in [4.69, 9.17) is 14.2 Å². The second-order valence-electron chi connectivity index (χ2n) is 17.4. The summed E-state index contributed by atoms with van der Waals surface area (Å²) in [7, 11) is 0. The first kappa shape index (κ1) is 57.6. The van der Waals surface area contributed by atoms with Crippen molar-refractivity contribution >= 4 is 17.9 Å². The number of hydrogen-bond donors (Lipinski definition) is 0. The molecular formula is C54H98O6. The highest BCUT2D eigenvalue weighted by Crippen LogP contribution is 2.15. The van der Waals surface area contributed by atoms with Gasteiger partial charge >= 0.3 is 17.9 Å². The number of allylic oxidation sites excluding steroid dienone is 6. The molecule has 0 aromatic heterocycles. The molecule has 6 heteroatoms. The van der Waals surface area contributed by atoms with Gasteiger partial charge in [0.15, 0.2) is 6.10 Å². The minimum Gasteiger partial charge on any atom is -0.462 e. The summed E-state index contributed by atoms with van der Waals surface area (Å²) in [5, 5.41) is 0. The lowest BCUT2D eigenvalue weighted by atomic mass is 10.1. The Balaban J connectivity index is 4.24. The number of carbonyl (C=O) groups excluding carboxylic acids is 3. The normalized spacial score (nSPS) is 12.2. The largest absolute Gasteiger partial charge is 0.462 e. The number of carbonyl (C=O) groups is 3. The van der Waals surface area contributed by atoms with Crippen LogP contribution in [0.1, 0.15) is 271 Å². The number of unbranched alkanes of at least 4 members (excludes halogenated alkanes) is 30. The lowest BCUT2D eigenvalue weighted by Gasteiger charge is -2.18. The van der Waals surface area contributed by atoms with Gasteiger partial charge in [0.1, 0.15) is 13.2 Å². The van der Waals surface area contributed by atoms with Gasteiger partial charge in [-0.15, -0.1) is 0 Å². The molecule has 0 spiro atoms. The first-order chi connectivity index (χ1) is 29.5. The van der Waals surface area contributed by atoms with Gasteiger partial charge in [0.05, 0.1) is 0 Å². The van der Waals surface area contributed by atoms with E-state index in [0.717, 1.165) is 77.0 Å². The minimum atomic E-state index is -0.772. The Morgan fingerprint density at radius 1 is 0.333 bits per heavy atom. The van der Waals surface area contributed by atoms with E-state index in [1.165, 1.54) is 154 Å². The highest BCUT2D eigenvalue weighted by molar-refractivity contribution is 5.71. The van der Waals surface area contributed by atoms with Crippen LogP contribution in [-0.2, 0) is 28.6 Å². The predicted octanol–water partition coefficient (Wildman–Crippen LogP) is 16.9. The molecule has 0 N–H and O–H groups in total. The van der Waals surface area contributed by atoms with E-state index < -0.39 is 6.10 Å². The highest BCUT2D eigenvalue weighted by Gasteiger charge is 2.19. The third kappa shape index (κ3) is 46.7. The van der Waals surface area contributed by atoms with Gasteiger partial charge in [-0.05, 0) is 70.6 Å². The Kier molecular flexibility index (Phi) is 47.3. The van der Waals surface area contributed by atoms with Crippen molar-refractivity contribution in [3.05, 3.63) is 36.5 Å². The molecule has 6 nitrogen and oxygen atoms in total. The average Bonchev–Trinajstić information content (AvgIpc) is 3.24. The van der Waals surface area contributed by atoms with E-state index in [1.54, 1.807) is 0 Å². The molecule has 0 fully saturated rings. The van der Waals surface area contributed by atoms with E-state index in [0.29, 0.717) is 19.3 Å². The summed E-state index contributed by atoms with van der Waals surface area (Å²) in [5.41, 5.74) is 0. The van der Waals surface area contributed by atoms with Crippen molar-refractivity contribution < 1.29 is 28.6 Å². The molecule has 0 aliphatic carbocycles. The maximum absolute atomic E-state index is 12.7. The molecule has 0 aliphatic heterocycles. The van der Waals surface area contributed by atoms with Crippen molar-refractivity contribution in [2.45, 2.75) is 277 Å². The Bertz CT molecular complexity index is 1020. The van der Waals surface area contributed by atoms with Crippen molar-refractivity contribution in [1.82, 2.24) is 0 Å². The molecule has 0 saturated carbocycles. The predicted molar refractivity (Wildman–Crippen MR) is 256 cm³/mol. The summed E-state index contributed by atoms with van der Waals surface area (Å²) < 4.78 is 16.8. The fourth-order valence-electron chi connectivity index (χ4n) is 7.42. The van der Waals surface area contributed by atoms with Gasteiger partial charge in [0.25, 0.3) is 0 Å². The maximum atomic E-state index is 12.7. The minimum absolute atomic E-state index is 0.0745. The second kappa shape index (κ2) is 49.3. The zero-order valence-corrected chi connectivity index (χ0v) is 40.0. The molecule has 0 saturated heterocycles. The van der Waals surface area contributed by atoms with Crippen molar-refractivity contribution in [3.63, 3.8) is 0 Å². The van der Waals surface area contributed by atoms with Gasteiger partial charge in [0.2, 0.25) is 0 Å². The highest BCUT2D eigenvalue weighted by atomic mass is 16.6. The Morgan fingerprint density at radius 3 is 1.00 bits per heavy atom. The molecule has 350 valence electrons. The standard InChI is InChI=1S/C54H98O6/c1-4-7-10-13-16-19-22-23-24-25-26-27-28-29-30-31-33-35-38-41-44-47-53(56)59-50-51(49-58-52(55)46-43-40-37-34-21-18-15-12-9-6-3)60-54(57)48-45-42-39-36-32-20-17-14-11-8-5-2/h12,15,22-23,25-26,51H,4-11,13-14,16-21,24,27-50H2,1-3H3/b15-12-,23-22-,26-25-. The van der Waals surface area contributed by atoms with Crippen molar-refractivity contribution in [1.29, 1.82) is 0 Å². The molecule has 0 aromatic carbocycles. The molecule has 1 atom stereocenters. The summed E-state index contributed by atoms with van der Waals surface area (Å²) in [4.78, 5) is 37.8. The Labute approximate surface area is 372 Å². The number of ether oxygens (including phenoxy) is 3. The van der Waals surface area contributed by atoms with Crippen molar-refractivity contribution in [3.8, 4) is 0 Å². The van der Waals surface area contributed by atoms with Crippen LogP contribution < -0.4 is 0 Å². The molecule has 0 radical (unpaired) electrons. The van der Waals surface area contributed by atoms with Gasteiger partial charge < -0.3 is 14.2 Å². The smallest absolute Gasteiger partial charge is 0.306 e. The van der Waals surface area contributed by atoms with Gasteiger partial charge in [-0.25, -0.2) is 0 Å². The number of rotatable bonds is 47. The summed E-state index contributed by atoms with van der Waals surface area (Å²) in [6.45, 7) is 6.56. The zero-order chi connectivity index (χ0) is 43.7. The third-order valence-electron chi connectivity index (χ3n) is 11.3. The van der Waals surface area contributed by atoms with Crippen LogP contribution in [0.25, 0.3) is 0 Å². The van der Waals surface area contributed by atoms with Gasteiger partial charge in [-0.3, -0.25) is 14.4 Å². The van der Waals surface area contributed by atoms with E-state index in [1.807, 2.05) is 0 Å². The molecule has 0 rings (SSSR count). The first-order valence-corrected chi connectivity index (χ1v) is 26.0. The van der Waals surface area contributed by atoms with Crippen LogP contribution in [0.2, 0.25) is 0 Å². The molecule has 1 unspecified atom stereocenters. The van der Waals surface area contributed by atoms with Crippen LogP contribution in [0.4, 0.5) is 0 Å². The van der Waals surface area contributed by atoms with Gasteiger partial charge in [0, 0.05) is 19.3 Å². The topological polar surface area (TPSA) is 78.9 Å². The van der Waals surface area contributed by atoms with Crippen LogP contribution in [0, 0.1) is 0 Å². The van der Waals surface area contributed by atoms with Gasteiger partial charge in [-0.1, -0.05) is 218 Å². The van der Waals surface area contributed by atoms with E-state index in [-0.39, 0.29) is 31.1 Å².